The van der Waals surface area contributed by atoms with Crippen LogP contribution < -0.4 is 5.56 Å². The average molecular weight is 212 g/mol. The summed E-state index contributed by atoms with van der Waals surface area (Å²) in [7, 11) is 0. The van der Waals surface area contributed by atoms with Crippen LogP contribution in [0.25, 0.3) is 16.7 Å². The lowest BCUT2D eigenvalue weighted by molar-refractivity contribution is 1.11. The molecule has 0 amide bonds. The van der Waals surface area contributed by atoms with Crippen molar-refractivity contribution >= 4 is 16.7 Å². The van der Waals surface area contributed by atoms with Crippen molar-refractivity contribution in [1.29, 1.82) is 0 Å². The molecule has 0 unspecified atom stereocenters. The van der Waals surface area contributed by atoms with Gasteiger partial charge in [-0.15, -0.1) is 0 Å². The number of nitrogens with one attached hydrogen (secondary N) is 1. The summed E-state index contributed by atoms with van der Waals surface area (Å²) in [6.45, 7) is 3.99. The minimum Gasteiger partial charge on any atom is -0.339 e. The van der Waals surface area contributed by atoms with E-state index in [9.17, 15) is 4.79 Å². The van der Waals surface area contributed by atoms with Crippen molar-refractivity contribution in [2.45, 2.75) is 13.8 Å². The molecule has 0 aliphatic carbocycles. The number of aromatic nitrogens is 2. The molecular formula is C13H12N2O. The first-order valence-corrected chi connectivity index (χ1v) is 5.28. The van der Waals surface area contributed by atoms with Crippen molar-refractivity contribution in [2.75, 3.05) is 0 Å². The van der Waals surface area contributed by atoms with Gasteiger partial charge in [-0.2, -0.15) is 0 Å². The van der Waals surface area contributed by atoms with E-state index in [-0.39, 0.29) is 5.56 Å². The first kappa shape index (κ1) is 9.21. The van der Waals surface area contributed by atoms with E-state index in [4.69, 9.17) is 0 Å². The topological polar surface area (TPSA) is 37.3 Å². The Bertz CT molecular complexity index is 750. The highest BCUT2D eigenvalue weighted by Gasteiger charge is 2.08. The summed E-state index contributed by atoms with van der Waals surface area (Å²) in [6.07, 6.45) is 0. The Kier molecular flexibility index (Phi) is 1.72. The number of rotatable bonds is 0. The Morgan fingerprint density at radius 3 is 2.75 bits per heavy atom. The van der Waals surface area contributed by atoms with Crippen LogP contribution in [-0.4, -0.2) is 9.38 Å². The molecule has 0 saturated heterocycles. The number of pyridine rings is 1. The Balaban J connectivity index is 2.70. The van der Waals surface area contributed by atoms with Crippen molar-refractivity contribution in [2.24, 2.45) is 0 Å². The van der Waals surface area contributed by atoms with Crippen LogP contribution >= 0.6 is 0 Å². The zero-order valence-corrected chi connectivity index (χ0v) is 9.24. The van der Waals surface area contributed by atoms with E-state index in [1.165, 1.54) is 0 Å². The summed E-state index contributed by atoms with van der Waals surface area (Å²) in [5.74, 6) is 0. The second-order valence-electron chi connectivity index (χ2n) is 4.12. The maximum Gasteiger partial charge on any atom is 0.257 e. The maximum atomic E-state index is 12.0. The lowest BCUT2D eigenvalue weighted by atomic mass is 10.2. The van der Waals surface area contributed by atoms with Gasteiger partial charge in [0.25, 0.3) is 5.56 Å². The normalized spacial score (nSPS) is 11.4. The number of nitrogens with zero attached hydrogens (tertiary/aromatic N) is 1. The molecule has 2 heterocycles. The fraction of sp³-hybridized carbons (Fsp3) is 0.154. The van der Waals surface area contributed by atoms with Crippen molar-refractivity contribution < 1.29 is 0 Å². The van der Waals surface area contributed by atoms with E-state index in [0.717, 1.165) is 27.8 Å². The van der Waals surface area contributed by atoms with E-state index in [0.29, 0.717) is 0 Å². The second kappa shape index (κ2) is 2.98. The molecule has 3 heteroatoms. The molecule has 80 valence electrons. The number of fused-ring (bicyclic) bond motifs is 3. The van der Waals surface area contributed by atoms with Gasteiger partial charge in [0.2, 0.25) is 0 Å². The molecular weight excluding hydrogens is 200 g/mol. The smallest absolute Gasteiger partial charge is 0.257 e. The number of H-pyrrole nitrogens is 1. The molecule has 3 aromatic rings. The van der Waals surface area contributed by atoms with Gasteiger partial charge in [-0.05, 0) is 37.1 Å². The van der Waals surface area contributed by atoms with Crippen molar-refractivity contribution in [3.63, 3.8) is 0 Å². The number of aryl methyl sites for hydroxylation is 2. The van der Waals surface area contributed by atoms with Crippen molar-refractivity contribution in [3.8, 4) is 0 Å². The Labute approximate surface area is 92.3 Å². The van der Waals surface area contributed by atoms with E-state index < -0.39 is 0 Å². The third kappa shape index (κ3) is 1.05. The maximum absolute atomic E-state index is 12.0. The van der Waals surface area contributed by atoms with Crippen LogP contribution in [0, 0.1) is 13.8 Å². The quantitative estimate of drug-likeness (QED) is 0.610. The van der Waals surface area contributed by atoms with E-state index in [1.54, 1.807) is 10.5 Å². The zero-order valence-electron chi connectivity index (χ0n) is 9.24. The molecule has 0 saturated carbocycles. The van der Waals surface area contributed by atoms with Crippen LogP contribution in [0.1, 0.15) is 11.1 Å². The van der Waals surface area contributed by atoms with Gasteiger partial charge in [0.15, 0.2) is 0 Å². The zero-order chi connectivity index (χ0) is 11.3. The second-order valence-corrected chi connectivity index (χ2v) is 4.12. The summed E-state index contributed by atoms with van der Waals surface area (Å²) in [5, 5.41) is 0. The molecule has 0 spiro atoms. The van der Waals surface area contributed by atoms with Crippen LogP contribution in [0.2, 0.25) is 0 Å². The molecule has 1 aromatic carbocycles. The average Bonchev–Trinajstić information content (AvgIpc) is 2.65. The molecule has 3 nitrogen and oxygen atoms in total. The first-order chi connectivity index (χ1) is 7.68. The Hall–Kier alpha value is -2.03. The molecule has 2 aromatic heterocycles. The van der Waals surface area contributed by atoms with Crippen LogP contribution in [0.15, 0.2) is 35.1 Å². The predicted octanol–water partition coefficient (Wildman–Crippen LogP) is 2.40. The molecule has 0 bridgehead atoms. The van der Waals surface area contributed by atoms with Gasteiger partial charge in [-0.1, -0.05) is 12.1 Å². The minimum absolute atomic E-state index is 0.0237. The fourth-order valence-electron chi connectivity index (χ4n) is 2.11. The molecule has 0 radical (unpaired) electrons. The molecule has 3 rings (SSSR count). The number of hydrogen-bond donors (Lipinski definition) is 1. The summed E-state index contributed by atoms with van der Waals surface area (Å²) < 4.78 is 1.73. The number of benzene rings is 1. The highest BCUT2D eigenvalue weighted by molar-refractivity contribution is 5.81. The monoisotopic (exact) mass is 212 g/mol. The Morgan fingerprint density at radius 2 is 1.94 bits per heavy atom. The van der Waals surface area contributed by atoms with Crippen LogP contribution in [-0.2, 0) is 0 Å². The highest BCUT2D eigenvalue weighted by Crippen LogP contribution is 2.18. The van der Waals surface area contributed by atoms with Crippen molar-refractivity contribution in [1.82, 2.24) is 9.38 Å². The SMILES string of the molecule is Cc1cc(=O)n2c([nH]c3ccccc32)c1C. The standard InChI is InChI=1S/C13H12N2O/c1-8-7-12(16)15-11-6-4-3-5-10(11)14-13(15)9(8)2/h3-7,14H,1-2H3. The third-order valence-electron chi connectivity index (χ3n) is 3.13. The summed E-state index contributed by atoms with van der Waals surface area (Å²) in [6, 6.07) is 9.52. The number of aromatic amines is 1. The van der Waals surface area contributed by atoms with Gasteiger partial charge >= 0.3 is 0 Å². The van der Waals surface area contributed by atoms with Gasteiger partial charge in [0.1, 0.15) is 5.65 Å². The molecule has 16 heavy (non-hydrogen) atoms. The molecule has 0 atom stereocenters. The highest BCUT2D eigenvalue weighted by atomic mass is 16.1. The van der Waals surface area contributed by atoms with E-state index >= 15 is 0 Å². The molecule has 1 N–H and O–H groups in total. The summed E-state index contributed by atoms with van der Waals surface area (Å²) in [4.78, 5) is 15.3. The first-order valence-electron chi connectivity index (χ1n) is 5.28. The predicted molar refractivity (Wildman–Crippen MR) is 65.0 cm³/mol. The van der Waals surface area contributed by atoms with Crippen molar-refractivity contribution in [3.05, 3.63) is 51.8 Å². The lowest BCUT2D eigenvalue weighted by Gasteiger charge is -2.01. The van der Waals surface area contributed by atoms with Gasteiger partial charge in [0.05, 0.1) is 11.0 Å². The van der Waals surface area contributed by atoms with Gasteiger partial charge < -0.3 is 4.98 Å². The van der Waals surface area contributed by atoms with E-state index in [1.807, 2.05) is 38.1 Å². The largest absolute Gasteiger partial charge is 0.339 e. The number of imidazole rings is 1. The third-order valence-corrected chi connectivity index (χ3v) is 3.13. The number of hydrogen-bond acceptors (Lipinski definition) is 1. The van der Waals surface area contributed by atoms with Gasteiger partial charge in [0, 0.05) is 6.07 Å². The van der Waals surface area contributed by atoms with Crippen LogP contribution in [0.3, 0.4) is 0 Å². The van der Waals surface area contributed by atoms with Crippen LogP contribution in [0.5, 0.6) is 0 Å². The fourth-order valence-corrected chi connectivity index (χ4v) is 2.11. The van der Waals surface area contributed by atoms with Gasteiger partial charge in [-0.3, -0.25) is 9.20 Å². The Morgan fingerprint density at radius 1 is 1.19 bits per heavy atom. The van der Waals surface area contributed by atoms with Gasteiger partial charge in [-0.25, -0.2) is 0 Å². The molecule has 0 aliphatic heterocycles. The number of para-hydroxylation sites is 2. The summed E-state index contributed by atoms with van der Waals surface area (Å²) in [5.41, 5.74) is 4.99. The molecule has 0 aliphatic rings. The summed E-state index contributed by atoms with van der Waals surface area (Å²) >= 11 is 0. The lowest BCUT2D eigenvalue weighted by Crippen LogP contribution is -2.12. The molecule has 0 fully saturated rings. The minimum atomic E-state index is 0.0237. The van der Waals surface area contributed by atoms with Crippen LogP contribution in [0.4, 0.5) is 0 Å². The van der Waals surface area contributed by atoms with E-state index in [2.05, 4.69) is 4.98 Å².